The number of amides is 1. The minimum Gasteiger partial charge on any atom is -0.508 e. The largest absolute Gasteiger partial charge is 0.508 e. The molecule has 0 aromatic heterocycles. The monoisotopic (exact) mass is 528 g/mol. The SMILES string of the molecule is CCNC(=NCCNC(=O)c1ccc(O)cc1)N(C)Cc1ccc(SC)cc1.I. The smallest absolute Gasteiger partial charge is 0.251 e. The summed E-state index contributed by atoms with van der Waals surface area (Å²) in [5, 5.41) is 15.4. The van der Waals surface area contributed by atoms with Crippen molar-refractivity contribution in [3.8, 4) is 5.75 Å². The number of hydrogen-bond donors (Lipinski definition) is 3. The van der Waals surface area contributed by atoms with Crippen LogP contribution in [0.15, 0.2) is 58.4 Å². The van der Waals surface area contributed by atoms with Crippen molar-refractivity contribution in [1.29, 1.82) is 0 Å². The van der Waals surface area contributed by atoms with Crippen LogP contribution in [-0.4, -0.2) is 54.8 Å². The zero-order valence-corrected chi connectivity index (χ0v) is 20.2. The van der Waals surface area contributed by atoms with Crippen LogP contribution in [0.1, 0.15) is 22.8 Å². The molecule has 158 valence electrons. The van der Waals surface area contributed by atoms with Crippen molar-refractivity contribution in [2.24, 2.45) is 4.99 Å². The van der Waals surface area contributed by atoms with Gasteiger partial charge < -0.3 is 20.6 Å². The number of phenols is 1. The van der Waals surface area contributed by atoms with Crippen molar-refractivity contribution in [3.05, 3.63) is 59.7 Å². The number of aliphatic imine (C=N–C) groups is 1. The molecule has 0 spiro atoms. The summed E-state index contributed by atoms with van der Waals surface area (Å²) >= 11 is 1.73. The molecule has 0 unspecified atom stereocenters. The number of benzene rings is 2. The van der Waals surface area contributed by atoms with Gasteiger partial charge in [-0.3, -0.25) is 9.79 Å². The Morgan fingerprint density at radius 1 is 1.10 bits per heavy atom. The molecule has 0 aliphatic rings. The minimum absolute atomic E-state index is 0. The summed E-state index contributed by atoms with van der Waals surface area (Å²) in [5.74, 6) is 0.764. The van der Waals surface area contributed by atoms with E-state index in [1.54, 1.807) is 23.9 Å². The van der Waals surface area contributed by atoms with Gasteiger partial charge >= 0.3 is 0 Å². The predicted molar refractivity (Wildman–Crippen MR) is 132 cm³/mol. The number of guanidine groups is 1. The number of rotatable bonds is 8. The van der Waals surface area contributed by atoms with E-state index in [9.17, 15) is 9.90 Å². The molecule has 0 atom stereocenters. The van der Waals surface area contributed by atoms with Gasteiger partial charge in [-0.15, -0.1) is 35.7 Å². The molecule has 2 aromatic rings. The molecular formula is C21H29IN4O2S. The summed E-state index contributed by atoms with van der Waals surface area (Å²) in [7, 11) is 2.00. The van der Waals surface area contributed by atoms with E-state index >= 15 is 0 Å². The zero-order chi connectivity index (χ0) is 20.4. The first kappa shape index (κ1) is 25.1. The Balaban J connectivity index is 0.00000420. The lowest BCUT2D eigenvalue weighted by molar-refractivity contribution is 0.0955. The molecule has 0 fully saturated rings. The molecule has 8 heteroatoms. The standard InChI is InChI=1S/C21H28N4O2S.HI/c1-4-22-21(25(2)15-16-5-11-19(28-3)12-6-16)24-14-13-23-20(27)17-7-9-18(26)10-8-17;/h5-12,26H,4,13-15H2,1-3H3,(H,22,24)(H,23,27);1H. The number of thioether (sulfide) groups is 1. The maximum absolute atomic E-state index is 12.1. The number of carbonyl (C=O) groups excluding carboxylic acids is 1. The highest BCUT2D eigenvalue weighted by molar-refractivity contribution is 14.0. The maximum Gasteiger partial charge on any atom is 0.251 e. The number of halogens is 1. The normalized spacial score (nSPS) is 10.8. The van der Waals surface area contributed by atoms with E-state index in [2.05, 4.69) is 51.0 Å². The summed E-state index contributed by atoms with van der Waals surface area (Å²) in [4.78, 5) is 20.0. The fourth-order valence-electron chi connectivity index (χ4n) is 2.60. The zero-order valence-electron chi connectivity index (χ0n) is 17.0. The Kier molecular flexibility index (Phi) is 11.5. The van der Waals surface area contributed by atoms with Crippen LogP contribution >= 0.6 is 35.7 Å². The van der Waals surface area contributed by atoms with Crippen LogP contribution in [-0.2, 0) is 6.54 Å². The van der Waals surface area contributed by atoms with Crippen molar-refractivity contribution < 1.29 is 9.90 Å². The minimum atomic E-state index is -0.178. The van der Waals surface area contributed by atoms with E-state index in [4.69, 9.17) is 0 Å². The number of nitrogens with one attached hydrogen (secondary N) is 2. The van der Waals surface area contributed by atoms with Gasteiger partial charge in [-0.25, -0.2) is 0 Å². The molecule has 0 radical (unpaired) electrons. The van der Waals surface area contributed by atoms with Crippen LogP contribution in [0, 0.1) is 0 Å². The van der Waals surface area contributed by atoms with Crippen molar-refractivity contribution in [1.82, 2.24) is 15.5 Å². The van der Waals surface area contributed by atoms with E-state index in [0.717, 1.165) is 19.0 Å². The summed E-state index contributed by atoms with van der Waals surface area (Å²) in [6.07, 6.45) is 2.07. The molecule has 0 heterocycles. The van der Waals surface area contributed by atoms with Crippen LogP contribution in [0.25, 0.3) is 0 Å². The average Bonchev–Trinajstić information content (AvgIpc) is 2.71. The highest BCUT2D eigenvalue weighted by Gasteiger charge is 2.07. The molecule has 1 amide bonds. The van der Waals surface area contributed by atoms with Crippen molar-refractivity contribution in [2.75, 3.05) is 32.9 Å². The Labute approximate surface area is 194 Å². The Morgan fingerprint density at radius 3 is 2.34 bits per heavy atom. The lowest BCUT2D eigenvalue weighted by atomic mass is 10.2. The number of hydrogen-bond acceptors (Lipinski definition) is 4. The van der Waals surface area contributed by atoms with E-state index in [-0.39, 0.29) is 35.6 Å². The quantitative estimate of drug-likeness (QED) is 0.161. The Hall–Kier alpha value is -1.94. The fourth-order valence-corrected chi connectivity index (χ4v) is 3.00. The van der Waals surface area contributed by atoms with Crippen LogP contribution < -0.4 is 10.6 Å². The summed E-state index contributed by atoms with van der Waals surface area (Å²) in [6.45, 7) is 4.46. The van der Waals surface area contributed by atoms with E-state index in [1.807, 2.05) is 14.0 Å². The second-order valence-corrected chi connectivity index (χ2v) is 7.12. The molecule has 0 saturated carbocycles. The first-order valence-electron chi connectivity index (χ1n) is 9.23. The topological polar surface area (TPSA) is 77.0 Å². The molecule has 0 bridgehead atoms. The highest BCUT2D eigenvalue weighted by Crippen LogP contribution is 2.15. The number of nitrogens with zero attached hydrogens (tertiary/aromatic N) is 2. The van der Waals surface area contributed by atoms with E-state index in [1.165, 1.54) is 22.6 Å². The van der Waals surface area contributed by atoms with Crippen LogP contribution in [0.2, 0.25) is 0 Å². The number of carbonyl (C=O) groups is 1. The second-order valence-electron chi connectivity index (χ2n) is 6.24. The number of phenolic OH excluding ortho intramolecular Hbond substituents is 1. The third-order valence-electron chi connectivity index (χ3n) is 4.06. The van der Waals surface area contributed by atoms with Gasteiger partial charge in [0.15, 0.2) is 5.96 Å². The van der Waals surface area contributed by atoms with Crippen LogP contribution in [0.4, 0.5) is 0 Å². The first-order chi connectivity index (χ1) is 13.5. The van der Waals surface area contributed by atoms with Gasteiger partial charge in [0.2, 0.25) is 0 Å². The highest BCUT2D eigenvalue weighted by atomic mass is 127. The van der Waals surface area contributed by atoms with Gasteiger partial charge in [0.25, 0.3) is 5.91 Å². The van der Waals surface area contributed by atoms with Gasteiger partial charge in [-0.2, -0.15) is 0 Å². The van der Waals surface area contributed by atoms with Crippen LogP contribution in [0.5, 0.6) is 5.75 Å². The summed E-state index contributed by atoms with van der Waals surface area (Å²) in [6, 6.07) is 14.7. The molecule has 6 nitrogen and oxygen atoms in total. The number of aromatic hydroxyl groups is 1. The average molecular weight is 528 g/mol. The van der Waals surface area contributed by atoms with Crippen molar-refractivity contribution in [2.45, 2.75) is 18.4 Å². The van der Waals surface area contributed by atoms with E-state index in [0.29, 0.717) is 18.7 Å². The fraction of sp³-hybridized carbons (Fsp3) is 0.333. The molecule has 0 aliphatic carbocycles. The molecular weight excluding hydrogens is 499 g/mol. The Morgan fingerprint density at radius 2 is 1.76 bits per heavy atom. The Bertz CT molecular complexity index is 782. The first-order valence-corrected chi connectivity index (χ1v) is 10.5. The van der Waals surface area contributed by atoms with Gasteiger partial charge in [0, 0.05) is 37.1 Å². The van der Waals surface area contributed by atoms with Gasteiger partial charge in [-0.1, -0.05) is 12.1 Å². The third-order valence-corrected chi connectivity index (χ3v) is 4.81. The van der Waals surface area contributed by atoms with Crippen molar-refractivity contribution >= 4 is 47.6 Å². The lowest BCUT2D eigenvalue weighted by Gasteiger charge is -2.22. The van der Waals surface area contributed by atoms with Crippen LogP contribution in [0.3, 0.4) is 0 Å². The van der Waals surface area contributed by atoms with Gasteiger partial charge in [-0.05, 0) is 55.1 Å². The summed E-state index contributed by atoms with van der Waals surface area (Å²) in [5.41, 5.74) is 1.73. The molecule has 3 N–H and O–H groups in total. The van der Waals surface area contributed by atoms with E-state index < -0.39 is 0 Å². The lowest BCUT2D eigenvalue weighted by Crippen LogP contribution is -2.39. The molecule has 2 aromatic carbocycles. The van der Waals surface area contributed by atoms with Crippen molar-refractivity contribution in [3.63, 3.8) is 0 Å². The maximum atomic E-state index is 12.1. The third kappa shape index (κ3) is 8.53. The molecule has 29 heavy (non-hydrogen) atoms. The molecule has 0 aliphatic heterocycles. The predicted octanol–water partition coefficient (Wildman–Crippen LogP) is 3.56. The summed E-state index contributed by atoms with van der Waals surface area (Å²) < 4.78 is 0. The second kappa shape index (κ2) is 13.3. The van der Waals surface area contributed by atoms with Gasteiger partial charge in [0.05, 0.1) is 6.54 Å². The van der Waals surface area contributed by atoms with Gasteiger partial charge in [0.1, 0.15) is 5.75 Å². The molecule has 2 rings (SSSR count). The molecule has 0 saturated heterocycles.